The highest BCUT2D eigenvalue weighted by Gasteiger charge is 2.08. The molecule has 0 saturated carbocycles. The Morgan fingerprint density at radius 2 is 1.57 bits per heavy atom. The van der Waals surface area contributed by atoms with E-state index in [9.17, 15) is 10.4 Å². The van der Waals surface area contributed by atoms with Crippen molar-refractivity contribution >= 4 is 5.69 Å². The zero-order valence-electron chi connectivity index (χ0n) is 8.70. The maximum absolute atomic E-state index is 11.1. The Balaban J connectivity index is 2.83. The van der Waals surface area contributed by atoms with Crippen molar-refractivity contribution in [2.45, 2.75) is 13.0 Å². The molecular formula is C10H16N2O2. The van der Waals surface area contributed by atoms with Crippen LogP contribution in [0.1, 0.15) is 18.5 Å². The number of quaternary nitrogens is 2. The SMILES string of the molecule is CC(c1ccc([NH+](C)[O-])cc1)[NH+](C)[O-]. The number of benzene rings is 1. The fourth-order valence-corrected chi connectivity index (χ4v) is 1.24. The Kier molecular flexibility index (Phi) is 3.60. The van der Waals surface area contributed by atoms with Gasteiger partial charge in [-0.05, 0) is 31.2 Å². The van der Waals surface area contributed by atoms with E-state index in [0.29, 0.717) is 5.69 Å². The van der Waals surface area contributed by atoms with Crippen LogP contribution in [0.4, 0.5) is 5.69 Å². The van der Waals surface area contributed by atoms with Gasteiger partial charge in [-0.25, -0.2) is 0 Å². The van der Waals surface area contributed by atoms with Crippen LogP contribution >= 0.6 is 0 Å². The van der Waals surface area contributed by atoms with Gasteiger partial charge in [-0.2, -0.15) is 0 Å². The number of hydrogen-bond acceptors (Lipinski definition) is 2. The van der Waals surface area contributed by atoms with Gasteiger partial charge in [-0.3, -0.25) is 0 Å². The Labute approximate surface area is 83.9 Å². The van der Waals surface area contributed by atoms with Gasteiger partial charge in [-0.1, -0.05) is 0 Å². The van der Waals surface area contributed by atoms with Crippen molar-refractivity contribution in [2.24, 2.45) is 0 Å². The summed E-state index contributed by atoms with van der Waals surface area (Å²) in [4.78, 5) is 0. The third-order valence-electron chi connectivity index (χ3n) is 2.43. The van der Waals surface area contributed by atoms with Crippen molar-refractivity contribution in [2.75, 3.05) is 14.1 Å². The van der Waals surface area contributed by atoms with Gasteiger partial charge in [-0.15, -0.1) is 0 Å². The van der Waals surface area contributed by atoms with Crippen LogP contribution in [-0.2, 0) is 0 Å². The minimum atomic E-state index is -0.0870. The van der Waals surface area contributed by atoms with E-state index >= 15 is 0 Å². The molecule has 4 nitrogen and oxygen atoms in total. The molecule has 0 aliphatic carbocycles. The van der Waals surface area contributed by atoms with Crippen molar-refractivity contribution in [1.82, 2.24) is 0 Å². The lowest BCUT2D eigenvalue weighted by Gasteiger charge is -2.25. The summed E-state index contributed by atoms with van der Waals surface area (Å²) >= 11 is 0. The quantitative estimate of drug-likeness (QED) is 0.635. The topological polar surface area (TPSA) is 55.0 Å². The molecule has 78 valence electrons. The largest absolute Gasteiger partial charge is 0.634 e. The van der Waals surface area contributed by atoms with E-state index in [1.165, 1.54) is 7.05 Å². The molecule has 0 spiro atoms. The minimum absolute atomic E-state index is 0.0482. The van der Waals surface area contributed by atoms with E-state index in [2.05, 4.69) is 0 Å². The highest BCUT2D eigenvalue weighted by atomic mass is 16.5. The second-order valence-electron chi connectivity index (χ2n) is 3.51. The summed E-state index contributed by atoms with van der Waals surface area (Å²) in [7, 11) is 3.10. The molecule has 0 heterocycles. The van der Waals surface area contributed by atoms with Crippen LogP contribution in [0.25, 0.3) is 0 Å². The van der Waals surface area contributed by atoms with Gasteiger partial charge in [0.05, 0.1) is 14.1 Å². The standard InChI is InChI=1S/C10H16N2O2/c1-8(11(2)13)9-4-6-10(7-5-9)12(3)14/h4-8,11-12H,1-3H3. The molecule has 0 saturated heterocycles. The molecule has 0 aromatic heterocycles. The van der Waals surface area contributed by atoms with Crippen LogP contribution < -0.4 is 10.1 Å². The summed E-state index contributed by atoms with van der Waals surface area (Å²) < 4.78 is 0. The Hall–Kier alpha value is -0.940. The zero-order valence-corrected chi connectivity index (χ0v) is 8.70. The van der Waals surface area contributed by atoms with E-state index in [1.54, 1.807) is 19.2 Å². The molecule has 1 rings (SSSR count). The van der Waals surface area contributed by atoms with Crippen molar-refractivity contribution in [3.8, 4) is 0 Å². The summed E-state index contributed by atoms with van der Waals surface area (Å²) in [6.07, 6.45) is 0. The van der Waals surface area contributed by atoms with E-state index in [-0.39, 0.29) is 16.2 Å². The molecule has 0 fully saturated rings. The first kappa shape index (κ1) is 11.1. The van der Waals surface area contributed by atoms with Crippen molar-refractivity contribution in [3.63, 3.8) is 0 Å². The average Bonchev–Trinajstić information content (AvgIpc) is 2.16. The fraction of sp³-hybridized carbons (Fsp3) is 0.400. The summed E-state index contributed by atoms with van der Waals surface area (Å²) in [5, 5.41) is 22.3. The van der Waals surface area contributed by atoms with Gasteiger partial charge in [0.1, 0.15) is 11.7 Å². The summed E-state index contributed by atoms with van der Waals surface area (Å²) in [5.41, 5.74) is 1.65. The number of nitrogens with one attached hydrogen (secondary N) is 2. The zero-order chi connectivity index (χ0) is 10.7. The minimum Gasteiger partial charge on any atom is -0.634 e. The summed E-state index contributed by atoms with van der Waals surface area (Å²) in [5.74, 6) is 0. The van der Waals surface area contributed by atoms with Crippen LogP contribution in [0, 0.1) is 10.4 Å². The predicted molar refractivity (Wildman–Crippen MR) is 55.0 cm³/mol. The van der Waals surface area contributed by atoms with E-state index < -0.39 is 0 Å². The van der Waals surface area contributed by atoms with Crippen LogP contribution in [0.15, 0.2) is 24.3 Å². The second-order valence-corrected chi connectivity index (χ2v) is 3.51. The van der Waals surface area contributed by atoms with Gasteiger partial charge in [0, 0.05) is 5.56 Å². The maximum atomic E-state index is 11.1. The third-order valence-corrected chi connectivity index (χ3v) is 2.43. The maximum Gasteiger partial charge on any atom is 0.130 e. The molecule has 1 aromatic carbocycles. The molecule has 0 aliphatic heterocycles. The summed E-state index contributed by atoms with van der Waals surface area (Å²) in [6, 6.07) is 7.11. The monoisotopic (exact) mass is 196 g/mol. The van der Waals surface area contributed by atoms with Gasteiger partial charge >= 0.3 is 0 Å². The molecule has 1 aromatic rings. The number of hydroxylamine groups is 3. The molecule has 0 amide bonds. The first-order valence-corrected chi connectivity index (χ1v) is 4.63. The molecule has 2 N–H and O–H groups in total. The molecule has 3 unspecified atom stereocenters. The molecule has 4 heteroatoms. The first-order chi connectivity index (χ1) is 6.52. The third kappa shape index (κ3) is 2.52. The number of rotatable bonds is 3. The van der Waals surface area contributed by atoms with Crippen molar-refractivity contribution in [1.29, 1.82) is 0 Å². The van der Waals surface area contributed by atoms with E-state index in [4.69, 9.17) is 0 Å². The number of hydrogen-bond donors (Lipinski definition) is 2. The lowest BCUT2D eigenvalue weighted by atomic mass is 10.1. The van der Waals surface area contributed by atoms with Crippen LogP contribution in [0.3, 0.4) is 0 Å². The summed E-state index contributed by atoms with van der Waals surface area (Å²) in [6.45, 7) is 1.87. The Morgan fingerprint density at radius 1 is 1.07 bits per heavy atom. The fourth-order valence-electron chi connectivity index (χ4n) is 1.24. The predicted octanol–water partition coefficient (Wildman–Crippen LogP) is -0.596. The molecule has 14 heavy (non-hydrogen) atoms. The second kappa shape index (κ2) is 4.52. The lowest BCUT2D eigenvalue weighted by molar-refractivity contribution is -0.858. The lowest BCUT2D eigenvalue weighted by Crippen LogP contribution is -3.03. The van der Waals surface area contributed by atoms with Gasteiger partial charge < -0.3 is 20.5 Å². The van der Waals surface area contributed by atoms with Crippen LogP contribution in [-0.4, -0.2) is 14.1 Å². The van der Waals surface area contributed by atoms with Crippen LogP contribution in [0.2, 0.25) is 0 Å². The van der Waals surface area contributed by atoms with E-state index in [0.717, 1.165) is 5.56 Å². The molecule has 0 radical (unpaired) electrons. The normalized spacial score (nSPS) is 17.5. The molecular weight excluding hydrogens is 180 g/mol. The van der Waals surface area contributed by atoms with Crippen LogP contribution in [0.5, 0.6) is 0 Å². The smallest absolute Gasteiger partial charge is 0.130 e. The van der Waals surface area contributed by atoms with Crippen molar-refractivity contribution < 1.29 is 10.1 Å². The first-order valence-electron chi connectivity index (χ1n) is 4.63. The Morgan fingerprint density at radius 3 is 1.93 bits per heavy atom. The average molecular weight is 196 g/mol. The highest BCUT2D eigenvalue weighted by molar-refractivity contribution is 5.33. The van der Waals surface area contributed by atoms with E-state index in [1.807, 2.05) is 19.1 Å². The highest BCUT2D eigenvalue weighted by Crippen LogP contribution is 2.11. The molecule has 0 bridgehead atoms. The molecule has 3 atom stereocenters. The van der Waals surface area contributed by atoms with Gasteiger partial charge in [0.15, 0.2) is 0 Å². The van der Waals surface area contributed by atoms with Crippen molar-refractivity contribution in [3.05, 3.63) is 40.2 Å². The molecule has 0 aliphatic rings. The van der Waals surface area contributed by atoms with Gasteiger partial charge in [0.2, 0.25) is 0 Å². The Bertz CT molecular complexity index is 283. The van der Waals surface area contributed by atoms with Gasteiger partial charge in [0.25, 0.3) is 0 Å².